The van der Waals surface area contributed by atoms with Crippen molar-refractivity contribution in [3.63, 3.8) is 0 Å². The molecule has 6 heteroatoms. The van der Waals surface area contributed by atoms with Crippen LogP contribution in [-0.2, 0) is 0 Å². The molecular weight excluding hydrogens is 667 g/mol. The van der Waals surface area contributed by atoms with Gasteiger partial charge in [0, 0.05) is 0 Å². The van der Waals surface area contributed by atoms with Gasteiger partial charge < -0.3 is 0 Å². The summed E-state index contributed by atoms with van der Waals surface area (Å²) < 4.78 is 3.19. The molecule has 3 aliphatic heterocycles. The third kappa shape index (κ3) is 2.99. The summed E-state index contributed by atoms with van der Waals surface area (Å²) in [4.78, 5) is 7.05. The maximum atomic E-state index is 8.45. The summed E-state index contributed by atoms with van der Waals surface area (Å²) >= 11 is -5.19. The maximum absolute atomic E-state index is 8.45. The molecule has 0 saturated heterocycles. The van der Waals surface area contributed by atoms with Gasteiger partial charge in [-0.2, -0.15) is 0 Å². The van der Waals surface area contributed by atoms with Crippen molar-refractivity contribution in [2.75, 3.05) is 14.7 Å². The predicted molar refractivity (Wildman–Crippen MR) is 180 cm³/mol. The Kier molecular flexibility index (Phi) is 5.04. The minimum absolute atomic E-state index is 1.05. The fourth-order valence-corrected chi connectivity index (χ4v) is 25.9. The van der Waals surface area contributed by atoms with Crippen molar-refractivity contribution in [1.29, 1.82) is 0 Å². The van der Waals surface area contributed by atoms with Gasteiger partial charge in [-0.3, -0.25) is 0 Å². The van der Waals surface area contributed by atoms with E-state index in [1.54, 1.807) is 0 Å². The Labute approximate surface area is 253 Å². The van der Waals surface area contributed by atoms with Gasteiger partial charge in [-0.25, -0.2) is 0 Å². The van der Waals surface area contributed by atoms with Gasteiger partial charge in [-0.05, 0) is 0 Å². The molecule has 3 heterocycles. The van der Waals surface area contributed by atoms with Gasteiger partial charge >= 0.3 is 255 Å². The first-order valence-corrected chi connectivity index (χ1v) is 24.3. The molecule has 3 aliphatic rings. The molecule has 3 nitrogen and oxygen atoms in total. The Balaban J connectivity index is 1.50. The van der Waals surface area contributed by atoms with Gasteiger partial charge in [0.05, 0.1) is 0 Å². The van der Waals surface area contributed by atoms with Crippen molar-refractivity contribution in [2.24, 2.45) is 0 Å². The summed E-state index contributed by atoms with van der Waals surface area (Å²) in [6, 6.07) is 51.1. The monoisotopic (exact) mass is 689 g/mol. The summed E-state index contributed by atoms with van der Waals surface area (Å²) in [5.41, 5.74) is 9.50. The van der Waals surface area contributed by atoms with Gasteiger partial charge in [0.25, 0.3) is 0 Å². The average Bonchev–Trinajstić information content (AvgIpc) is 3.02. The number of anilines is 9. The molecule has 42 heavy (non-hydrogen) atoms. The van der Waals surface area contributed by atoms with E-state index < -0.39 is 15.1 Å². The predicted octanol–water partition coefficient (Wildman–Crippen LogP) is 8.93. The van der Waals surface area contributed by atoms with E-state index in [1.807, 2.05) is 0 Å². The first-order valence-electron chi connectivity index (χ1n) is 14.0. The van der Waals surface area contributed by atoms with Crippen LogP contribution in [0.3, 0.4) is 0 Å². The molecule has 6 aromatic carbocycles. The zero-order valence-corrected chi connectivity index (χ0v) is 26.5. The van der Waals surface area contributed by atoms with E-state index in [9.17, 15) is 0 Å². The summed E-state index contributed by atoms with van der Waals surface area (Å²) in [5.74, 6) is 0. The third-order valence-corrected chi connectivity index (χ3v) is 26.1. The van der Waals surface area contributed by atoms with Crippen molar-refractivity contribution in [1.82, 2.24) is 0 Å². The van der Waals surface area contributed by atoms with E-state index in [0.29, 0.717) is 0 Å². The molecule has 0 spiro atoms. The fourth-order valence-electron chi connectivity index (χ4n) is 7.14. The molecule has 0 bridgehead atoms. The number of para-hydroxylation sites is 3. The number of nitrogens with zero attached hydrogens (tertiary/aromatic N) is 3. The second kappa shape index (κ2) is 8.58. The first-order chi connectivity index (χ1) is 20.6. The van der Waals surface area contributed by atoms with E-state index in [4.69, 9.17) is 17.7 Å². The number of hydrogen-bond donors (Lipinski definition) is 0. The summed E-state index contributed by atoms with van der Waals surface area (Å²) in [5, 5.41) is 0. The van der Waals surface area contributed by atoms with Crippen LogP contribution in [0.15, 0.2) is 146 Å². The molecule has 0 amide bonds. The van der Waals surface area contributed by atoms with Crippen LogP contribution in [0.1, 0.15) is 0 Å². The number of halogens is 2. The molecule has 6 aromatic rings. The van der Waals surface area contributed by atoms with Gasteiger partial charge in [0.2, 0.25) is 0 Å². The standard InChI is InChI=1S/C36H24N3.2ClH.Sb/c1-4-13-28(14-5-1)37-31-19-10-21-33(25-31)38(29-15-6-2-7-16-29)35-23-12-24-36(27-35)39(30-17-8-3-9-18-30)34-22-11-20-32(37)26-34;;;/h1-24H;2*1H;/q;;;+2/p-2. The van der Waals surface area contributed by atoms with Crippen LogP contribution in [0.5, 0.6) is 0 Å². The van der Waals surface area contributed by atoms with E-state index in [-0.39, 0.29) is 0 Å². The van der Waals surface area contributed by atoms with Crippen molar-refractivity contribution in [2.45, 2.75) is 0 Å². The zero-order chi connectivity index (χ0) is 28.1. The topological polar surface area (TPSA) is 9.72 Å². The molecule has 0 aromatic heterocycles. The SMILES string of the molecule is [Cl][Sb]12([Cl])[c]3c4cccc3N(c3ccccc3)c3cccc([c]31)N(c1ccccc1)c1cccc([c]12)N4c1ccccc1. The first kappa shape index (κ1) is 24.7. The van der Waals surface area contributed by atoms with Crippen LogP contribution in [0, 0.1) is 0 Å². The van der Waals surface area contributed by atoms with Crippen LogP contribution < -0.4 is 25.2 Å². The van der Waals surface area contributed by atoms with E-state index in [2.05, 4.69) is 160 Å². The minimum atomic E-state index is -5.19. The molecule has 0 aliphatic carbocycles. The molecule has 0 N–H and O–H groups in total. The van der Waals surface area contributed by atoms with Crippen molar-refractivity contribution in [3.8, 4) is 0 Å². The second-order valence-corrected chi connectivity index (χ2v) is 30.1. The Morgan fingerprint density at radius 3 is 0.786 bits per heavy atom. The molecule has 0 radical (unpaired) electrons. The van der Waals surface area contributed by atoms with E-state index >= 15 is 0 Å². The van der Waals surface area contributed by atoms with Gasteiger partial charge in [0.1, 0.15) is 0 Å². The fraction of sp³-hybridized carbons (Fsp3) is 0. The Hall–Kier alpha value is -3.88. The van der Waals surface area contributed by atoms with Gasteiger partial charge in [-0.1, -0.05) is 0 Å². The number of hydrogen-bond acceptors (Lipinski definition) is 3. The quantitative estimate of drug-likeness (QED) is 0.172. The van der Waals surface area contributed by atoms with Crippen molar-refractivity contribution in [3.05, 3.63) is 146 Å². The molecular formula is C36H24Cl2N3Sb. The Morgan fingerprint density at radius 2 is 0.548 bits per heavy atom. The van der Waals surface area contributed by atoms with Crippen LogP contribution in [0.4, 0.5) is 51.2 Å². The van der Waals surface area contributed by atoms with Crippen LogP contribution in [0.25, 0.3) is 0 Å². The van der Waals surface area contributed by atoms with Crippen molar-refractivity contribution >= 4 is 94.5 Å². The van der Waals surface area contributed by atoms with Crippen LogP contribution in [0.2, 0.25) is 0 Å². The number of rotatable bonds is 3. The third-order valence-electron chi connectivity index (χ3n) is 8.65. The van der Waals surface area contributed by atoms with Gasteiger partial charge in [0.15, 0.2) is 0 Å². The average molecular weight is 691 g/mol. The second-order valence-electron chi connectivity index (χ2n) is 10.9. The van der Waals surface area contributed by atoms with E-state index in [1.165, 1.54) is 0 Å². The van der Waals surface area contributed by atoms with Crippen LogP contribution >= 0.6 is 17.7 Å². The summed E-state index contributed by atoms with van der Waals surface area (Å²) in [6.45, 7) is 0. The molecule has 0 unspecified atom stereocenters. The molecule has 0 atom stereocenters. The Bertz CT molecular complexity index is 1750. The molecule has 9 rings (SSSR count). The zero-order valence-electron chi connectivity index (χ0n) is 22.4. The summed E-state index contributed by atoms with van der Waals surface area (Å²) in [7, 11) is 16.9. The molecule has 0 fully saturated rings. The number of benzene rings is 6. The summed E-state index contributed by atoms with van der Waals surface area (Å²) in [6.07, 6.45) is 0. The normalized spacial score (nSPS) is 17.2. The molecule has 202 valence electrons. The van der Waals surface area contributed by atoms with Gasteiger partial charge in [-0.15, -0.1) is 0 Å². The molecule has 0 saturated carbocycles. The Morgan fingerprint density at radius 1 is 0.310 bits per heavy atom. The van der Waals surface area contributed by atoms with Crippen molar-refractivity contribution < 1.29 is 0 Å². The van der Waals surface area contributed by atoms with Crippen LogP contribution in [-0.4, -0.2) is 15.1 Å². The van der Waals surface area contributed by atoms with E-state index in [0.717, 1.165) is 61.7 Å².